The Morgan fingerprint density at radius 1 is 0.912 bits per heavy atom. The highest BCUT2D eigenvalue weighted by Gasteiger charge is 2.33. The van der Waals surface area contributed by atoms with Crippen molar-refractivity contribution in [2.45, 2.75) is 12.5 Å². The summed E-state index contributed by atoms with van der Waals surface area (Å²) in [6, 6.07) is 29.4. The number of rotatable bonds is 5. The van der Waals surface area contributed by atoms with Crippen molar-refractivity contribution in [2.75, 3.05) is 19.6 Å². The van der Waals surface area contributed by atoms with Crippen molar-refractivity contribution in [3.8, 4) is 16.9 Å². The van der Waals surface area contributed by atoms with E-state index in [1.54, 1.807) is 11.6 Å². The van der Waals surface area contributed by atoms with Gasteiger partial charge in [-0.3, -0.25) is 13.9 Å². The summed E-state index contributed by atoms with van der Waals surface area (Å²) in [7, 11) is 1.69. The highest BCUT2D eigenvalue weighted by Crippen LogP contribution is 2.28. The van der Waals surface area contributed by atoms with Gasteiger partial charge in [0.1, 0.15) is 5.69 Å². The van der Waals surface area contributed by atoms with Crippen molar-refractivity contribution in [1.29, 1.82) is 0 Å². The number of para-hydroxylation sites is 1. The number of piperazine rings is 1. The van der Waals surface area contributed by atoms with Gasteiger partial charge in [0.2, 0.25) is 0 Å². The maximum atomic E-state index is 14.1. The first kappa shape index (κ1) is 21.9. The third kappa shape index (κ3) is 4.08. The van der Waals surface area contributed by atoms with Gasteiger partial charge in [0.05, 0.1) is 11.4 Å². The molecule has 1 N–H and O–H groups in total. The molecule has 3 aromatic carbocycles. The van der Waals surface area contributed by atoms with Gasteiger partial charge in [-0.2, -0.15) is 0 Å². The lowest BCUT2D eigenvalue weighted by atomic mass is 10.0. The predicted octanol–water partition coefficient (Wildman–Crippen LogP) is 3.50. The highest BCUT2D eigenvalue weighted by molar-refractivity contribution is 5.99. The number of benzene rings is 3. The molecule has 2 heterocycles. The molecular formula is C28H28N4O2. The molecule has 6 heteroatoms. The molecule has 1 aliphatic heterocycles. The largest absolute Gasteiger partial charge is 0.333 e. The quantitative estimate of drug-likeness (QED) is 0.504. The Kier molecular flexibility index (Phi) is 6.14. The number of imidazole rings is 1. The number of aromatic nitrogens is 2. The molecule has 0 aliphatic carbocycles. The average Bonchev–Trinajstić information content (AvgIpc) is 3.16. The molecule has 1 atom stereocenters. The van der Waals surface area contributed by atoms with Crippen LogP contribution >= 0.6 is 0 Å². The lowest BCUT2D eigenvalue weighted by molar-refractivity contribution is 0.0626. The number of nitrogens with zero attached hydrogens (tertiary/aromatic N) is 3. The number of nitrogens with one attached hydrogen (secondary N) is 1. The summed E-state index contributed by atoms with van der Waals surface area (Å²) in [6.07, 6.45) is 0.758. The van der Waals surface area contributed by atoms with Crippen LogP contribution in [0.4, 0.5) is 0 Å². The Bertz CT molecular complexity index is 1330. The van der Waals surface area contributed by atoms with Gasteiger partial charge in [-0.1, -0.05) is 78.9 Å². The van der Waals surface area contributed by atoms with Crippen molar-refractivity contribution < 1.29 is 4.79 Å². The molecule has 1 fully saturated rings. The van der Waals surface area contributed by atoms with E-state index in [9.17, 15) is 9.59 Å². The summed E-state index contributed by atoms with van der Waals surface area (Å²) < 4.78 is 3.15. The Morgan fingerprint density at radius 2 is 1.53 bits per heavy atom. The first-order valence-corrected chi connectivity index (χ1v) is 11.6. The molecule has 4 aromatic rings. The zero-order chi connectivity index (χ0) is 23.5. The van der Waals surface area contributed by atoms with E-state index in [0.717, 1.165) is 24.2 Å². The molecule has 1 saturated heterocycles. The summed E-state index contributed by atoms with van der Waals surface area (Å²) in [5, 5.41) is 3.43. The molecular weight excluding hydrogens is 424 g/mol. The van der Waals surface area contributed by atoms with Crippen LogP contribution in [0.15, 0.2) is 95.8 Å². The zero-order valence-electron chi connectivity index (χ0n) is 19.2. The maximum absolute atomic E-state index is 14.1. The molecule has 34 heavy (non-hydrogen) atoms. The van der Waals surface area contributed by atoms with Gasteiger partial charge >= 0.3 is 5.69 Å². The third-order valence-corrected chi connectivity index (χ3v) is 6.45. The minimum atomic E-state index is -0.233. The number of carbonyl (C=O) groups excluding carboxylic acids is 1. The van der Waals surface area contributed by atoms with E-state index in [0.29, 0.717) is 24.5 Å². The van der Waals surface area contributed by atoms with Crippen LogP contribution in [-0.2, 0) is 13.5 Å². The van der Waals surface area contributed by atoms with E-state index in [2.05, 4.69) is 17.4 Å². The third-order valence-electron chi connectivity index (χ3n) is 6.45. The van der Waals surface area contributed by atoms with Crippen molar-refractivity contribution in [1.82, 2.24) is 19.4 Å². The Hall–Kier alpha value is -3.90. The van der Waals surface area contributed by atoms with Crippen molar-refractivity contribution in [2.24, 2.45) is 7.05 Å². The van der Waals surface area contributed by atoms with Gasteiger partial charge in [-0.25, -0.2) is 4.79 Å². The fourth-order valence-corrected chi connectivity index (χ4v) is 4.76. The molecule has 6 nitrogen and oxygen atoms in total. The number of amides is 1. The average molecular weight is 453 g/mol. The maximum Gasteiger partial charge on any atom is 0.333 e. The molecule has 0 saturated carbocycles. The van der Waals surface area contributed by atoms with Crippen LogP contribution in [0, 0.1) is 0 Å². The van der Waals surface area contributed by atoms with Gasteiger partial charge in [0.25, 0.3) is 5.91 Å². The molecule has 0 radical (unpaired) electrons. The van der Waals surface area contributed by atoms with E-state index in [1.165, 1.54) is 10.1 Å². The SMILES string of the molecule is Cn1c(C(=O)N2CCNC[C@H]2Cc2ccccc2)c(-c2ccccc2)n(-c2ccccc2)c1=O. The molecule has 1 aromatic heterocycles. The summed E-state index contributed by atoms with van der Waals surface area (Å²) in [6.45, 7) is 2.04. The van der Waals surface area contributed by atoms with Crippen LogP contribution in [0.2, 0.25) is 0 Å². The molecule has 1 amide bonds. The molecule has 0 spiro atoms. The van der Waals surface area contributed by atoms with E-state index >= 15 is 0 Å². The second kappa shape index (κ2) is 9.53. The minimum Gasteiger partial charge on any atom is -0.331 e. The summed E-state index contributed by atoms with van der Waals surface area (Å²) in [5.74, 6) is -0.115. The van der Waals surface area contributed by atoms with Crippen LogP contribution in [-0.4, -0.2) is 45.6 Å². The van der Waals surface area contributed by atoms with Gasteiger partial charge in [-0.15, -0.1) is 0 Å². The normalized spacial score (nSPS) is 15.9. The summed E-state index contributed by atoms with van der Waals surface area (Å²) in [4.78, 5) is 29.6. The molecule has 1 aliphatic rings. The Morgan fingerprint density at radius 3 is 2.21 bits per heavy atom. The standard InChI is InChI=1S/C28H28N4O2/c1-30-26(27(33)31-18-17-29-20-24(31)19-21-11-5-2-6-12-21)25(22-13-7-3-8-14-22)32(28(30)34)23-15-9-4-10-16-23/h2-16,24,29H,17-20H2,1H3/t24-/m1/s1. The van der Waals surface area contributed by atoms with E-state index in [4.69, 9.17) is 0 Å². The monoisotopic (exact) mass is 452 g/mol. The summed E-state index contributed by atoms with van der Waals surface area (Å²) >= 11 is 0. The van der Waals surface area contributed by atoms with Crippen molar-refractivity contribution >= 4 is 5.91 Å². The Labute approximate surface area is 199 Å². The molecule has 172 valence electrons. The van der Waals surface area contributed by atoms with Gasteiger partial charge < -0.3 is 10.2 Å². The fourth-order valence-electron chi connectivity index (χ4n) is 4.76. The molecule has 5 rings (SSSR count). The van der Waals surface area contributed by atoms with Crippen LogP contribution in [0.25, 0.3) is 16.9 Å². The second-order valence-corrected chi connectivity index (χ2v) is 8.62. The lowest BCUT2D eigenvalue weighted by Gasteiger charge is -2.36. The highest BCUT2D eigenvalue weighted by atomic mass is 16.2. The predicted molar refractivity (Wildman–Crippen MR) is 134 cm³/mol. The van der Waals surface area contributed by atoms with E-state index in [-0.39, 0.29) is 17.6 Å². The van der Waals surface area contributed by atoms with Gasteiger partial charge in [0, 0.05) is 38.3 Å². The first-order valence-electron chi connectivity index (χ1n) is 11.6. The van der Waals surface area contributed by atoms with Crippen molar-refractivity contribution in [3.63, 3.8) is 0 Å². The second-order valence-electron chi connectivity index (χ2n) is 8.62. The van der Waals surface area contributed by atoms with E-state index in [1.807, 2.05) is 83.8 Å². The van der Waals surface area contributed by atoms with Crippen LogP contribution in [0.5, 0.6) is 0 Å². The number of carbonyl (C=O) groups is 1. The van der Waals surface area contributed by atoms with Crippen LogP contribution in [0.3, 0.4) is 0 Å². The Balaban J connectivity index is 1.63. The number of hydrogen-bond acceptors (Lipinski definition) is 3. The van der Waals surface area contributed by atoms with Gasteiger partial charge in [-0.05, 0) is 24.1 Å². The smallest absolute Gasteiger partial charge is 0.331 e. The van der Waals surface area contributed by atoms with Crippen molar-refractivity contribution in [3.05, 3.63) is 113 Å². The molecule has 0 unspecified atom stereocenters. The summed E-state index contributed by atoms with van der Waals surface area (Å²) in [5.41, 5.74) is 3.57. The number of hydrogen-bond donors (Lipinski definition) is 1. The minimum absolute atomic E-state index is 0.00227. The fraction of sp³-hybridized carbons (Fsp3) is 0.214. The molecule has 0 bridgehead atoms. The lowest BCUT2D eigenvalue weighted by Crippen LogP contribution is -2.55. The van der Waals surface area contributed by atoms with Crippen LogP contribution < -0.4 is 11.0 Å². The van der Waals surface area contributed by atoms with Crippen LogP contribution in [0.1, 0.15) is 16.1 Å². The van der Waals surface area contributed by atoms with E-state index < -0.39 is 0 Å². The zero-order valence-corrected chi connectivity index (χ0v) is 19.2. The first-order chi connectivity index (χ1) is 16.6. The van der Waals surface area contributed by atoms with Gasteiger partial charge in [0.15, 0.2) is 0 Å². The topological polar surface area (TPSA) is 59.3 Å².